The first-order valence-corrected chi connectivity index (χ1v) is 8.90. The summed E-state index contributed by atoms with van der Waals surface area (Å²) < 4.78 is 6.39. The molecule has 0 fully saturated rings. The highest BCUT2D eigenvalue weighted by molar-refractivity contribution is 9.10. The first kappa shape index (κ1) is 19.0. The van der Waals surface area contributed by atoms with E-state index in [9.17, 15) is 9.59 Å². The number of benzene rings is 2. The highest BCUT2D eigenvalue weighted by Crippen LogP contribution is 2.17. The molecule has 0 heterocycles. The van der Waals surface area contributed by atoms with Crippen LogP contribution < -0.4 is 15.6 Å². The maximum atomic E-state index is 12.1. The Balaban J connectivity index is 1.88. The van der Waals surface area contributed by atoms with Gasteiger partial charge in [0.1, 0.15) is 5.75 Å². The van der Waals surface area contributed by atoms with Gasteiger partial charge in [-0.15, -0.1) is 0 Å². The standard InChI is InChI=1S/C19H21BrN2O3/c1-3-4-11-25-16-9-7-14(8-10-16)18(23)21-22-19(24)15-6-5-13(2)17(20)12-15/h5-10,12H,3-4,11H2,1-2H3,(H,21,23)(H,22,24). The molecule has 132 valence electrons. The molecule has 0 saturated carbocycles. The fourth-order valence-electron chi connectivity index (χ4n) is 2.03. The molecule has 0 saturated heterocycles. The highest BCUT2D eigenvalue weighted by atomic mass is 79.9. The van der Waals surface area contributed by atoms with Crippen LogP contribution in [-0.4, -0.2) is 18.4 Å². The van der Waals surface area contributed by atoms with Gasteiger partial charge in [-0.25, -0.2) is 0 Å². The second kappa shape index (κ2) is 9.22. The number of nitrogens with one attached hydrogen (secondary N) is 2. The van der Waals surface area contributed by atoms with Crippen molar-refractivity contribution in [2.45, 2.75) is 26.7 Å². The number of carbonyl (C=O) groups is 2. The second-order valence-electron chi connectivity index (χ2n) is 5.60. The van der Waals surface area contributed by atoms with E-state index in [1.54, 1.807) is 36.4 Å². The maximum Gasteiger partial charge on any atom is 0.269 e. The number of hydrogen-bond donors (Lipinski definition) is 2. The third kappa shape index (κ3) is 5.60. The summed E-state index contributed by atoms with van der Waals surface area (Å²) >= 11 is 3.38. The van der Waals surface area contributed by atoms with Crippen molar-refractivity contribution in [3.8, 4) is 5.75 Å². The molecular weight excluding hydrogens is 384 g/mol. The van der Waals surface area contributed by atoms with Gasteiger partial charge in [-0.3, -0.25) is 20.4 Å². The topological polar surface area (TPSA) is 67.4 Å². The molecule has 0 aliphatic rings. The predicted octanol–water partition coefficient (Wildman–Crippen LogP) is 4.01. The van der Waals surface area contributed by atoms with Crippen LogP contribution >= 0.6 is 15.9 Å². The molecule has 0 aliphatic carbocycles. The molecule has 6 heteroatoms. The Morgan fingerprint density at radius 1 is 1.00 bits per heavy atom. The monoisotopic (exact) mass is 404 g/mol. The van der Waals surface area contributed by atoms with Gasteiger partial charge in [0.15, 0.2) is 0 Å². The van der Waals surface area contributed by atoms with Crippen LogP contribution in [0.25, 0.3) is 0 Å². The average Bonchev–Trinajstić information content (AvgIpc) is 2.62. The second-order valence-corrected chi connectivity index (χ2v) is 6.45. The first-order valence-electron chi connectivity index (χ1n) is 8.11. The molecular formula is C19H21BrN2O3. The lowest BCUT2D eigenvalue weighted by Crippen LogP contribution is -2.41. The molecule has 2 rings (SSSR count). The molecule has 0 spiro atoms. The van der Waals surface area contributed by atoms with Gasteiger partial charge in [0.05, 0.1) is 6.61 Å². The number of amides is 2. The van der Waals surface area contributed by atoms with Gasteiger partial charge in [-0.05, 0) is 55.3 Å². The number of carbonyl (C=O) groups excluding carboxylic acids is 2. The number of unbranched alkanes of at least 4 members (excludes halogenated alkanes) is 1. The van der Waals surface area contributed by atoms with Gasteiger partial charge in [0.2, 0.25) is 0 Å². The van der Waals surface area contributed by atoms with Crippen LogP contribution in [0, 0.1) is 6.92 Å². The van der Waals surface area contributed by atoms with Crippen molar-refractivity contribution in [1.29, 1.82) is 0 Å². The summed E-state index contributed by atoms with van der Waals surface area (Å²) in [4.78, 5) is 24.2. The molecule has 0 unspecified atom stereocenters. The third-order valence-corrected chi connectivity index (χ3v) is 4.46. The van der Waals surface area contributed by atoms with Gasteiger partial charge in [-0.2, -0.15) is 0 Å². The van der Waals surface area contributed by atoms with Crippen molar-refractivity contribution >= 4 is 27.7 Å². The smallest absolute Gasteiger partial charge is 0.269 e. The Bertz CT molecular complexity index is 745. The van der Waals surface area contributed by atoms with Gasteiger partial charge in [0.25, 0.3) is 11.8 Å². The van der Waals surface area contributed by atoms with Crippen LogP contribution in [0.5, 0.6) is 5.75 Å². The molecule has 0 atom stereocenters. The number of halogens is 1. The van der Waals surface area contributed by atoms with Crippen molar-refractivity contribution in [1.82, 2.24) is 10.9 Å². The molecule has 0 aromatic heterocycles. The van der Waals surface area contributed by atoms with E-state index in [1.165, 1.54) is 0 Å². The number of aryl methyl sites for hydroxylation is 1. The fraction of sp³-hybridized carbons (Fsp3) is 0.263. The minimum Gasteiger partial charge on any atom is -0.494 e. The normalized spacial score (nSPS) is 10.2. The van der Waals surface area contributed by atoms with Crippen molar-refractivity contribution in [2.24, 2.45) is 0 Å². The van der Waals surface area contributed by atoms with E-state index in [4.69, 9.17) is 4.74 Å². The van der Waals surface area contributed by atoms with E-state index in [-0.39, 0.29) is 11.8 Å². The molecule has 2 aromatic carbocycles. The van der Waals surface area contributed by atoms with Crippen molar-refractivity contribution in [2.75, 3.05) is 6.61 Å². The zero-order chi connectivity index (χ0) is 18.2. The zero-order valence-corrected chi connectivity index (χ0v) is 15.9. The molecule has 2 amide bonds. The number of ether oxygens (including phenoxy) is 1. The Morgan fingerprint density at radius 2 is 1.60 bits per heavy atom. The number of hydrazine groups is 1. The predicted molar refractivity (Wildman–Crippen MR) is 101 cm³/mol. The summed E-state index contributed by atoms with van der Waals surface area (Å²) in [6.07, 6.45) is 2.06. The van der Waals surface area contributed by atoms with Crippen LogP contribution in [0.4, 0.5) is 0 Å². The largest absolute Gasteiger partial charge is 0.494 e. The lowest BCUT2D eigenvalue weighted by molar-refractivity contribution is 0.0846. The lowest BCUT2D eigenvalue weighted by atomic mass is 10.1. The van der Waals surface area contributed by atoms with Gasteiger partial charge in [-0.1, -0.05) is 35.3 Å². The van der Waals surface area contributed by atoms with E-state index in [2.05, 4.69) is 33.7 Å². The minimum atomic E-state index is -0.389. The summed E-state index contributed by atoms with van der Waals surface area (Å²) in [5, 5.41) is 0. The van der Waals surface area contributed by atoms with Gasteiger partial charge < -0.3 is 4.74 Å². The lowest BCUT2D eigenvalue weighted by Gasteiger charge is -2.09. The summed E-state index contributed by atoms with van der Waals surface area (Å²) in [5.74, 6) is -0.0493. The Morgan fingerprint density at radius 3 is 2.20 bits per heavy atom. The minimum absolute atomic E-state index is 0.381. The summed E-state index contributed by atoms with van der Waals surface area (Å²) in [6, 6.07) is 12.0. The zero-order valence-electron chi connectivity index (χ0n) is 14.3. The van der Waals surface area contributed by atoms with Crippen molar-refractivity contribution < 1.29 is 14.3 Å². The Kier molecular flexibility index (Phi) is 7.01. The van der Waals surface area contributed by atoms with E-state index in [0.717, 1.165) is 28.6 Å². The molecule has 25 heavy (non-hydrogen) atoms. The molecule has 0 aliphatic heterocycles. The van der Waals surface area contributed by atoms with E-state index >= 15 is 0 Å². The van der Waals surface area contributed by atoms with Gasteiger partial charge in [0, 0.05) is 15.6 Å². The van der Waals surface area contributed by atoms with Crippen molar-refractivity contribution in [3.05, 3.63) is 63.6 Å². The van der Waals surface area contributed by atoms with Crippen LogP contribution in [-0.2, 0) is 0 Å². The van der Waals surface area contributed by atoms with Crippen molar-refractivity contribution in [3.63, 3.8) is 0 Å². The Hall–Kier alpha value is -2.34. The highest BCUT2D eigenvalue weighted by Gasteiger charge is 2.10. The number of rotatable bonds is 6. The van der Waals surface area contributed by atoms with Crippen LogP contribution in [0.3, 0.4) is 0 Å². The van der Waals surface area contributed by atoms with E-state index < -0.39 is 0 Å². The first-order chi connectivity index (χ1) is 12.0. The van der Waals surface area contributed by atoms with Crippen LogP contribution in [0.15, 0.2) is 46.9 Å². The van der Waals surface area contributed by atoms with E-state index in [0.29, 0.717) is 17.7 Å². The van der Waals surface area contributed by atoms with Crippen LogP contribution in [0.1, 0.15) is 46.0 Å². The van der Waals surface area contributed by atoms with Crippen LogP contribution in [0.2, 0.25) is 0 Å². The molecule has 0 radical (unpaired) electrons. The SMILES string of the molecule is CCCCOc1ccc(C(=O)NNC(=O)c2ccc(C)c(Br)c2)cc1. The fourth-order valence-corrected chi connectivity index (χ4v) is 2.41. The third-order valence-electron chi connectivity index (χ3n) is 3.61. The summed E-state index contributed by atoms with van der Waals surface area (Å²) in [5.41, 5.74) is 6.74. The van der Waals surface area contributed by atoms with E-state index in [1.807, 2.05) is 13.0 Å². The maximum absolute atomic E-state index is 12.1. The summed E-state index contributed by atoms with van der Waals surface area (Å²) in [7, 11) is 0. The number of hydrogen-bond acceptors (Lipinski definition) is 3. The molecule has 2 N–H and O–H groups in total. The molecule has 0 bridgehead atoms. The Labute approximate surface area is 155 Å². The molecule has 5 nitrogen and oxygen atoms in total. The average molecular weight is 405 g/mol. The summed E-state index contributed by atoms with van der Waals surface area (Å²) in [6.45, 7) is 4.69. The van der Waals surface area contributed by atoms with Gasteiger partial charge >= 0.3 is 0 Å². The quantitative estimate of drug-likeness (QED) is 0.564. The molecule has 2 aromatic rings.